The first-order valence-electron chi connectivity index (χ1n) is 14.7. The van der Waals surface area contributed by atoms with Gasteiger partial charge >= 0.3 is 5.97 Å². The first-order chi connectivity index (χ1) is 21.8. The number of carbonyl (C=O) groups is 4. The van der Waals surface area contributed by atoms with Crippen molar-refractivity contribution in [3.8, 4) is 5.75 Å². The molecule has 0 aliphatic heterocycles. The molecule has 0 fully saturated rings. The lowest BCUT2D eigenvalue weighted by Gasteiger charge is -2.25. The van der Waals surface area contributed by atoms with E-state index in [1.54, 1.807) is 42.5 Å². The molecule has 46 heavy (non-hydrogen) atoms. The van der Waals surface area contributed by atoms with Crippen LogP contribution in [0.2, 0.25) is 0 Å². The number of guanidine groups is 2. The van der Waals surface area contributed by atoms with Gasteiger partial charge in [-0.05, 0) is 55.4 Å². The molecule has 0 aliphatic carbocycles. The predicted octanol–water partition coefficient (Wildman–Crippen LogP) is -1.85. The predicted molar refractivity (Wildman–Crippen MR) is 173 cm³/mol. The molecule has 0 heterocycles. The van der Waals surface area contributed by atoms with Crippen LogP contribution in [0.3, 0.4) is 0 Å². The second-order valence-corrected chi connectivity index (χ2v) is 10.6. The Hall–Kier alpha value is -5.38. The van der Waals surface area contributed by atoms with Crippen LogP contribution < -0.4 is 44.6 Å². The van der Waals surface area contributed by atoms with Crippen molar-refractivity contribution in [1.29, 1.82) is 0 Å². The number of hydrogen-bond acceptors (Lipinski definition) is 8. The molecule has 0 saturated carbocycles. The first-order valence-corrected chi connectivity index (χ1v) is 14.7. The molecule has 0 spiro atoms. The van der Waals surface area contributed by atoms with Crippen molar-refractivity contribution < 1.29 is 29.4 Å². The van der Waals surface area contributed by atoms with E-state index in [4.69, 9.17) is 28.7 Å². The molecule has 2 rings (SSSR count). The highest BCUT2D eigenvalue weighted by molar-refractivity contribution is 5.94. The average molecular weight is 641 g/mol. The maximum Gasteiger partial charge on any atom is 0.326 e. The summed E-state index contributed by atoms with van der Waals surface area (Å²) in [5, 5.41) is 27.0. The summed E-state index contributed by atoms with van der Waals surface area (Å²) < 4.78 is 0. The highest BCUT2D eigenvalue weighted by atomic mass is 16.4. The number of rotatable bonds is 19. The summed E-state index contributed by atoms with van der Waals surface area (Å²) in [5.41, 5.74) is 29.0. The molecule has 0 bridgehead atoms. The zero-order valence-electron chi connectivity index (χ0n) is 25.5. The van der Waals surface area contributed by atoms with E-state index in [1.807, 2.05) is 0 Å². The van der Waals surface area contributed by atoms with Gasteiger partial charge in [0.25, 0.3) is 0 Å². The van der Waals surface area contributed by atoms with Crippen LogP contribution in [0.4, 0.5) is 0 Å². The van der Waals surface area contributed by atoms with E-state index >= 15 is 0 Å². The molecule has 3 amide bonds. The van der Waals surface area contributed by atoms with Crippen LogP contribution in [0.25, 0.3) is 0 Å². The topological polar surface area (TPSA) is 300 Å². The van der Waals surface area contributed by atoms with Gasteiger partial charge < -0.3 is 54.8 Å². The van der Waals surface area contributed by atoms with Crippen molar-refractivity contribution in [3.05, 3.63) is 65.7 Å². The third kappa shape index (κ3) is 13.9. The van der Waals surface area contributed by atoms with Crippen molar-refractivity contribution in [2.75, 3.05) is 13.1 Å². The lowest BCUT2D eigenvalue weighted by Crippen LogP contribution is -2.57. The van der Waals surface area contributed by atoms with E-state index in [-0.39, 0.29) is 62.9 Å². The highest BCUT2D eigenvalue weighted by Crippen LogP contribution is 2.12. The molecule has 4 unspecified atom stereocenters. The molecule has 2 aromatic carbocycles. The minimum atomic E-state index is -1.27. The summed E-state index contributed by atoms with van der Waals surface area (Å²) in [5.74, 6) is -3.52. The number of aliphatic imine (C=N–C) groups is 2. The van der Waals surface area contributed by atoms with Crippen molar-refractivity contribution in [3.63, 3.8) is 0 Å². The minimum Gasteiger partial charge on any atom is -0.508 e. The Labute approximate surface area is 266 Å². The van der Waals surface area contributed by atoms with Crippen LogP contribution in [-0.4, -0.2) is 83.1 Å². The highest BCUT2D eigenvalue weighted by Gasteiger charge is 2.30. The molecule has 0 saturated heterocycles. The fourth-order valence-electron chi connectivity index (χ4n) is 4.39. The Balaban J connectivity index is 2.23. The molecular formula is C30H44N10O6. The van der Waals surface area contributed by atoms with E-state index in [2.05, 4.69) is 25.9 Å². The number of nitrogens with two attached hydrogens (primary N) is 5. The number of amides is 3. The monoisotopic (exact) mass is 640 g/mol. The van der Waals surface area contributed by atoms with Crippen LogP contribution in [0.1, 0.15) is 36.8 Å². The molecule has 16 heteroatoms. The third-order valence-corrected chi connectivity index (χ3v) is 6.78. The standard InChI is InChI=1S/C30H44N10O6/c31-21(16-19-10-12-20(41)13-11-19)25(42)38-22(8-4-14-36-29(32)33)26(43)40-24(17-18-6-2-1-3-7-18)27(44)39-23(28(45)46)9-5-15-37-30(34)35/h1-3,6-7,10-13,21-24,41H,4-5,8-9,14-17,31H2,(H,38,42)(H,39,44)(H,40,43)(H,45,46)(H4,32,33,36)(H4,34,35,37). The number of phenols is 1. The van der Waals surface area contributed by atoms with Gasteiger partial charge in [0.15, 0.2) is 11.9 Å². The van der Waals surface area contributed by atoms with E-state index in [0.29, 0.717) is 17.5 Å². The SMILES string of the molecule is NC(N)=NCCCC(NC(=O)C(Cc1ccccc1)NC(=O)C(CCCN=C(N)N)NC(=O)C(N)Cc1ccc(O)cc1)C(=O)O. The summed E-state index contributed by atoms with van der Waals surface area (Å²) >= 11 is 0. The second-order valence-electron chi connectivity index (χ2n) is 10.6. The number of carbonyl (C=O) groups excluding carboxylic acids is 3. The summed E-state index contributed by atoms with van der Waals surface area (Å²) in [6, 6.07) is 10.4. The summed E-state index contributed by atoms with van der Waals surface area (Å²) in [4.78, 5) is 59.7. The summed E-state index contributed by atoms with van der Waals surface area (Å²) in [6.07, 6.45) is 0.880. The molecule has 250 valence electrons. The van der Waals surface area contributed by atoms with Gasteiger partial charge in [-0.3, -0.25) is 24.4 Å². The van der Waals surface area contributed by atoms with Crippen molar-refractivity contribution in [1.82, 2.24) is 16.0 Å². The van der Waals surface area contributed by atoms with E-state index < -0.39 is 47.9 Å². The maximum atomic E-state index is 13.6. The maximum absolute atomic E-state index is 13.6. The van der Waals surface area contributed by atoms with Gasteiger partial charge in [0, 0.05) is 19.5 Å². The average Bonchev–Trinajstić information content (AvgIpc) is 3.00. The Kier molecular flexibility index (Phi) is 15.3. The molecule has 2 aromatic rings. The lowest BCUT2D eigenvalue weighted by molar-refractivity contribution is -0.142. The zero-order valence-corrected chi connectivity index (χ0v) is 25.5. The van der Waals surface area contributed by atoms with Crippen LogP contribution in [-0.2, 0) is 32.0 Å². The molecule has 4 atom stereocenters. The van der Waals surface area contributed by atoms with Crippen molar-refractivity contribution in [2.24, 2.45) is 38.7 Å². The van der Waals surface area contributed by atoms with Crippen LogP contribution in [0.5, 0.6) is 5.75 Å². The number of hydrogen-bond donors (Lipinski definition) is 10. The number of nitrogens with zero attached hydrogens (tertiary/aromatic N) is 2. The third-order valence-electron chi connectivity index (χ3n) is 6.78. The van der Waals surface area contributed by atoms with Crippen LogP contribution in [0, 0.1) is 0 Å². The van der Waals surface area contributed by atoms with Crippen molar-refractivity contribution in [2.45, 2.75) is 62.7 Å². The quantitative estimate of drug-likeness (QED) is 0.0462. The molecule has 15 N–H and O–H groups in total. The van der Waals surface area contributed by atoms with Gasteiger partial charge in [-0.25, -0.2) is 4.79 Å². The van der Waals surface area contributed by atoms with Gasteiger partial charge in [0.2, 0.25) is 17.7 Å². The van der Waals surface area contributed by atoms with Gasteiger partial charge in [0.1, 0.15) is 23.9 Å². The molecule has 0 aliphatic rings. The normalized spacial score (nSPS) is 13.2. The number of benzene rings is 2. The first kappa shape index (κ1) is 36.8. The smallest absolute Gasteiger partial charge is 0.326 e. The minimum absolute atomic E-state index is 0.0340. The van der Waals surface area contributed by atoms with Gasteiger partial charge in [-0.1, -0.05) is 42.5 Å². The Morgan fingerprint density at radius 2 is 1.13 bits per heavy atom. The fourth-order valence-corrected chi connectivity index (χ4v) is 4.39. The number of phenolic OH excluding ortho intramolecular Hbond substituents is 1. The van der Waals surface area contributed by atoms with Gasteiger partial charge in [0.05, 0.1) is 6.04 Å². The number of carboxylic acids is 1. The largest absolute Gasteiger partial charge is 0.508 e. The number of carboxylic acid groups (broad SMARTS) is 1. The number of nitrogens with one attached hydrogen (secondary N) is 3. The Bertz CT molecular complexity index is 1350. The Morgan fingerprint density at radius 3 is 1.67 bits per heavy atom. The van der Waals surface area contributed by atoms with Crippen LogP contribution >= 0.6 is 0 Å². The van der Waals surface area contributed by atoms with Crippen molar-refractivity contribution >= 4 is 35.6 Å². The summed E-state index contributed by atoms with van der Waals surface area (Å²) in [6.45, 7) is 0.345. The summed E-state index contributed by atoms with van der Waals surface area (Å²) in [7, 11) is 0. The van der Waals surface area contributed by atoms with Crippen LogP contribution in [0.15, 0.2) is 64.6 Å². The molecule has 0 radical (unpaired) electrons. The fraction of sp³-hybridized carbons (Fsp3) is 0.400. The molecular weight excluding hydrogens is 596 g/mol. The van der Waals surface area contributed by atoms with Gasteiger partial charge in [-0.2, -0.15) is 0 Å². The number of aliphatic carboxylic acids is 1. The lowest BCUT2D eigenvalue weighted by atomic mass is 10.0. The van der Waals surface area contributed by atoms with E-state index in [9.17, 15) is 29.4 Å². The van der Waals surface area contributed by atoms with E-state index in [0.717, 1.165) is 0 Å². The molecule has 0 aromatic heterocycles. The Morgan fingerprint density at radius 1 is 0.652 bits per heavy atom. The van der Waals surface area contributed by atoms with E-state index in [1.165, 1.54) is 12.1 Å². The second kappa shape index (κ2) is 19.1. The van der Waals surface area contributed by atoms with Gasteiger partial charge in [-0.15, -0.1) is 0 Å². The molecule has 16 nitrogen and oxygen atoms in total. The zero-order chi connectivity index (χ0) is 34.1. The number of aromatic hydroxyl groups is 1.